The van der Waals surface area contributed by atoms with Gasteiger partial charge in [-0.15, -0.1) is 0 Å². The molecule has 1 atom stereocenters. The molecule has 1 N–H and O–H groups in total. The molecule has 1 fully saturated rings. The molecule has 3 heteroatoms. The Bertz CT molecular complexity index is 216. The van der Waals surface area contributed by atoms with Crippen LogP contribution < -0.4 is 5.32 Å². The van der Waals surface area contributed by atoms with E-state index in [1.807, 2.05) is 0 Å². The minimum atomic E-state index is 0.379. The third-order valence-electron chi connectivity index (χ3n) is 3.84. The molecule has 0 radical (unpaired) electrons. The fourth-order valence-corrected chi connectivity index (χ4v) is 2.72. The number of nitrogens with one attached hydrogen (secondary N) is 1. The van der Waals surface area contributed by atoms with Gasteiger partial charge >= 0.3 is 0 Å². The molecule has 0 spiro atoms. The monoisotopic (exact) mass is 241 g/mol. The maximum Gasteiger partial charge on any atom is 0.0218 e. The van der Waals surface area contributed by atoms with Crippen molar-refractivity contribution >= 4 is 0 Å². The van der Waals surface area contributed by atoms with E-state index in [4.69, 9.17) is 0 Å². The lowest BCUT2D eigenvalue weighted by Gasteiger charge is -2.42. The molecular weight excluding hydrogens is 210 g/mol. The molecule has 1 heterocycles. The lowest BCUT2D eigenvalue weighted by atomic mass is 9.92. The van der Waals surface area contributed by atoms with E-state index in [-0.39, 0.29) is 0 Å². The highest BCUT2D eigenvalue weighted by atomic mass is 15.3. The molecule has 0 aromatic carbocycles. The van der Waals surface area contributed by atoms with Crippen LogP contribution in [0.1, 0.15) is 34.1 Å². The zero-order valence-corrected chi connectivity index (χ0v) is 12.4. The summed E-state index contributed by atoms with van der Waals surface area (Å²) in [4.78, 5) is 5.15. The Labute approximate surface area is 108 Å². The summed E-state index contributed by atoms with van der Waals surface area (Å²) < 4.78 is 0. The van der Waals surface area contributed by atoms with E-state index < -0.39 is 0 Å². The summed E-state index contributed by atoms with van der Waals surface area (Å²) in [5.41, 5.74) is 0.379. The van der Waals surface area contributed by atoms with Gasteiger partial charge in [0.15, 0.2) is 0 Å². The van der Waals surface area contributed by atoms with Crippen molar-refractivity contribution in [3.05, 3.63) is 0 Å². The van der Waals surface area contributed by atoms with Gasteiger partial charge in [0.05, 0.1) is 0 Å². The van der Waals surface area contributed by atoms with Crippen LogP contribution in [0.25, 0.3) is 0 Å². The molecule has 1 aliphatic rings. The molecule has 3 nitrogen and oxygen atoms in total. The number of hydrogen-bond acceptors (Lipinski definition) is 3. The zero-order valence-electron chi connectivity index (χ0n) is 12.4. The van der Waals surface area contributed by atoms with Crippen molar-refractivity contribution in [3.8, 4) is 0 Å². The smallest absolute Gasteiger partial charge is 0.0218 e. The molecule has 0 amide bonds. The van der Waals surface area contributed by atoms with E-state index >= 15 is 0 Å². The van der Waals surface area contributed by atoms with Crippen LogP contribution in [0.5, 0.6) is 0 Å². The van der Waals surface area contributed by atoms with E-state index in [2.05, 4.69) is 49.9 Å². The Morgan fingerprint density at radius 2 is 1.94 bits per heavy atom. The predicted octanol–water partition coefficient (Wildman–Crippen LogP) is 1.65. The van der Waals surface area contributed by atoms with Gasteiger partial charge in [-0.2, -0.15) is 0 Å². The zero-order chi connectivity index (χ0) is 12.9. The summed E-state index contributed by atoms with van der Waals surface area (Å²) >= 11 is 0. The van der Waals surface area contributed by atoms with Crippen LogP contribution in [0.4, 0.5) is 0 Å². The second-order valence-electron chi connectivity index (χ2n) is 6.22. The van der Waals surface area contributed by atoms with Crippen LogP contribution in [0.2, 0.25) is 0 Å². The fraction of sp³-hybridized carbons (Fsp3) is 1.00. The minimum Gasteiger partial charge on any atom is -0.316 e. The van der Waals surface area contributed by atoms with Gasteiger partial charge in [-0.25, -0.2) is 0 Å². The summed E-state index contributed by atoms with van der Waals surface area (Å²) in [5.74, 6) is 0. The van der Waals surface area contributed by atoms with E-state index in [0.29, 0.717) is 5.41 Å². The molecular formula is C14H31N3. The summed E-state index contributed by atoms with van der Waals surface area (Å²) in [6, 6.07) is 0.749. The molecule has 0 aromatic heterocycles. The van der Waals surface area contributed by atoms with Crippen LogP contribution in [-0.2, 0) is 0 Å². The van der Waals surface area contributed by atoms with E-state index in [1.54, 1.807) is 0 Å². The van der Waals surface area contributed by atoms with Gasteiger partial charge in [0.1, 0.15) is 0 Å². The lowest BCUT2D eigenvalue weighted by molar-refractivity contribution is 0.0658. The molecule has 1 aliphatic heterocycles. The number of piperazine rings is 1. The van der Waals surface area contributed by atoms with Crippen molar-refractivity contribution in [2.75, 3.05) is 46.3 Å². The lowest BCUT2D eigenvalue weighted by Crippen LogP contribution is -2.54. The van der Waals surface area contributed by atoms with Crippen molar-refractivity contribution in [1.29, 1.82) is 0 Å². The van der Waals surface area contributed by atoms with E-state index in [1.165, 1.54) is 32.6 Å². The molecule has 0 aromatic rings. The first-order chi connectivity index (χ1) is 7.98. The number of rotatable bonds is 6. The fourth-order valence-electron chi connectivity index (χ4n) is 2.72. The molecule has 0 saturated carbocycles. The second kappa shape index (κ2) is 6.72. The Balaban J connectivity index is 2.40. The SMILES string of the molecule is CCNCC(C)(C)CN1CCN(C)C(CC)C1. The van der Waals surface area contributed by atoms with Crippen LogP contribution in [-0.4, -0.2) is 62.2 Å². The largest absolute Gasteiger partial charge is 0.316 e. The first-order valence-electron chi connectivity index (χ1n) is 7.12. The highest BCUT2D eigenvalue weighted by Gasteiger charge is 2.27. The average Bonchev–Trinajstić information content (AvgIpc) is 2.29. The molecule has 102 valence electrons. The number of hydrogen-bond donors (Lipinski definition) is 1. The summed E-state index contributed by atoms with van der Waals surface area (Å²) in [6.45, 7) is 16.3. The van der Waals surface area contributed by atoms with E-state index in [9.17, 15) is 0 Å². The highest BCUT2D eigenvalue weighted by molar-refractivity contribution is 4.83. The normalized spacial score (nSPS) is 24.2. The molecule has 1 unspecified atom stereocenters. The summed E-state index contributed by atoms with van der Waals surface area (Å²) in [5, 5.41) is 3.48. The quantitative estimate of drug-likeness (QED) is 0.763. The Kier molecular flexibility index (Phi) is 5.90. The third kappa shape index (κ3) is 4.94. The Hall–Kier alpha value is -0.120. The molecule has 1 rings (SSSR count). The number of nitrogens with zero attached hydrogens (tertiary/aromatic N) is 2. The van der Waals surface area contributed by atoms with Crippen LogP contribution in [0.15, 0.2) is 0 Å². The van der Waals surface area contributed by atoms with Gasteiger partial charge < -0.3 is 10.2 Å². The van der Waals surface area contributed by atoms with Gasteiger partial charge in [0.2, 0.25) is 0 Å². The first-order valence-corrected chi connectivity index (χ1v) is 7.12. The van der Waals surface area contributed by atoms with Gasteiger partial charge in [0, 0.05) is 38.8 Å². The van der Waals surface area contributed by atoms with E-state index in [0.717, 1.165) is 19.1 Å². The topological polar surface area (TPSA) is 18.5 Å². The Morgan fingerprint density at radius 1 is 1.24 bits per heavy atom. The molecule has 0 bridgehead atoms. The van der Waals surface area contributed by atoms with Gasteiger partial charge in [-0.05, 0) is 25.4 Å². The summed E-state index contributed by atoms with van der Waals surface area (Å²) in [6.07, 6.45) is 1.26. The van der Waals surface area contributed by atoms with Crippen LogP contribution >= 0.6 is 0 Å². The van der Waals surface area contributed by atoms with Crippen molar-refractivity contribution in [1.82, 2.24) is 15.1 Å². The van der Waals surface area contributed by atoms with Crippen molar-refractivity contribution in [3.63, 3.8) is 0 Å². The predicted molar refractivity (Wildman–Crippen MR) is 75.5 cm³/mol. The molecule has 17 heavy (non-hydrogen) atoms. The van der Waals surface area contributed by atoms with Crippen LogP contribution in [0, 0.1) is 5.41 Å². The second-order valence-corrected chi connectivity index (χ2v) is 6.22. The standard InChI is InChI=1S/C14H31N3/c1-6-13-10-17(9-8-16(13)5)12-14(3,4)11-15-7-2/h13,15H,6-12H2,1-5H3. The minimum absolute atomic E-state index is 0.379. The van der Waals surface area contributed by atoms with Gasteiger partial charge in [0.25, 0.3) is 0 Å². The maximum absolute atomic E-state index is 3.48. The first kappa shape index (κ1) is 14.9. The number of likely N-dealkylation sites (N-methyl/N-ethyl adjacent to an activating group) is 1. The van der Waals surface area contributed by atoms with Gasteiger partial charge in [-0.1, -0.05) is 27.7 Å². The summed E-state index contributed by atoms with van der Waals surface area (Å²) in [7, 11) is 2.26. The average molecular weight is 241 g/mol. The Morgan fingerprint density at radius 3 is 2.53 bits per heavy atom. The third-order valence-corrected chi connectivity index (χ3v) is 3.84. The van der Waals surface area contributed by atoms with Crippen molar-refractivity contribution in [2.24, 2.45) is 5.41 Å². The maximum atomic E-state index is 3.48. The highest BCUT2D eigenvalue weighted by Crippen LogP contribution is 2.19. The van der Waals surface area contributed by atoms with Crippen LogP contribution in [0.3, 0.4) is 0 Å². The molecule has 1 saturated heterocycles. The van der Waals surface area contributed by atoms with Gasteiger partial charge in [-0.3, -0.25) is 4.90 Å². The van der Waals surface area contributed by atoms with Crippen molar-refractivity contribution < 1.29 is 0 Å². The molecule has 0 aliphatic carbocycles. The van der Waals surface area contributed by atoms with Crippen molar-refractivity contribution in [2.45, 2.75) is 40.2 Å².